The van der Waals surface area contributed by atoms with Gasteiger partial charge in [-0.25, -0.2) is 9.20 Å². The van der Waals surface area contributed by atoms with Gasteiger partial charge in [0.15, 0.2) is 5.16 Å². The monoisotopic (exact) mass is 462 g/mol. The highest BCUT2D eigenvalue weighted by Gasteiger charge is 2.47. The van der Waals surface area contributed by atoms with Crippen LogP contribution in [-0.2, 0) is 14.3 Å². The molecule has 4 rings (SSSR count). The minimum atomic E-state index is -0.500. The molecule has 2 fully saturated rings. The molecule has 2 N–H and O–H groups in total. The summed E-state index contributed by atoms with van der Waals surface area (Å²) in [6.45, 7) is 5.29. The second kappa shape index (κ2) is 9.88. The van der Waals surface area contributed by atoms with Crippen molar-refractivity contribution in [2.75, 3.05) is 36.6 Å². The molecule has 12 heteroatoms. The highest BCUT2D eigenvalue weighted by Crippen LogP contribution is 2.40. The number of likely N-dealkylation sites (tertiary alicyclic amines) is 1. The van der Waals surface area contributed by atoms with Crippen molar-refractivity contribution in [3.05, 3.63) is 0 Å². The van der Waals surface area contributed by atoms with Crippen LogP contribution in [0.15, 0.2) is 5.16 Å². The maximum Gasteiger partial charge on any atom is 0.328 e. The molecule has 3 atom stereocenters. The fourth-order valence-corrected chi connectivity index (χ4v) is 5.56. The molecule has 2 aromatic rings. The van der Waals surface area contributed by atoms with Crippen LogP contribution in [0.2, 0.25) is 0 Å². The summed E-state index contributed by atoms with van der Waals surface area (Å²) < 4.78 is 6.72. The van der Waals surface area contributed by atoms with Crippen molar-refractivity contribution in [2.45, 2.75) is 63.2 Å². The summed E-state index contributed by atoms with van der Waals surface area (Å²) >= 11 is 1.28. The first-order valence-corrected chi connectivity index (χ1v) is 12.2. The molecule has 1 saturated carbocycles. The lowest BCUT2D eigenvalue weighted by atomic mass is 9.85. The lowest BCUT2D eigenvalue weighted by Crippen LogP contribution is -2.47. The number of ether oxygens (including phenoxy) is 1. The Balaban J connectivity index is 1.54. The number of anilines is 2. The zero-order valence-corrected chi connectivity index (χ0v) is 19.5. The van der Waals surface area contributed by atoms with Crippen molar-refractivity contribution in [1.29, 1.82) is 0 Å². The van der Waals surface area contributed by atoms with E-state index in [2.05, 4.69) is 30.8 Å². The number of fused-ring (bicyclic) bond motifs is 2. The van der Waals surface area contributed by atoms with E-state index in [0.717, 1.165) is 25.7 Å². The fourth-order valence-electron chi connectivity index (χ4n) is 4.76. The minimum Gasteiger partial charge on any atom is -0.467 e. The highest BCUT2D eigenvalue weighted by atomic mass is 32.2. The van der Waals surface area contributed by atoms with Crippen molar-refractivity contribution >= 4 is 41.3 Å². The average molecular weight is 463 g/mol. The Hall–Kier alpha value is -2.63. The Kier molecular flexibility index (Phi) is 6.97. The summed E-state index contributed by atoms with van der Waals surface area (Å²) in [5.74, 6) is 1.55. The second-order valence-electron chi connectivity index (χ2n) is 8.03. The third kappa shape index (κ3) is 4.32. The first-order valence-electron chi connectivity index (χ1n) is 11.2. The van der Waals surface area contributed by atoms with Gasteiger partial charge in [0.05, 0.1) is 12.9 Å². The van der Waals surface area contributed by atoms with E-state index in [0.29, 0.717) is 48.3 Å². The van der Waals surface area contributed by atoms with Gasteiger partial charge in [0.25, 0.3) is 5.78 Å². The molecule has 3 unspecified atom stereocenters. The van der Waals surface area contributed by atoms with Crippen LogP contribution in [-0.4, -0.2) is 79.4 Å². The molecule has 0 bridgehead atoms. The Morgan fingerprint density at radius 1 is 1.12 bits per heavy atom. The SMILES string of the molecule is CCNc1nc(NCC)n2c(SCC(=O)N3C(C(=O)OC)CC4CCCCC43)nnc2n1. The van der Waals surface area contributed by atoms with E-state index in [1.165, 1.54) is 18.9 Å². The van der Waals surface area contributed by atoms with E-state index in [1.54, 1.807) is 9.30 Å². The van der Waals surface area contributed by atoms with Crippen LogP contribution in [0.5, 0.6) is 0 Å². The molecular weight excluding hydrogens is 432 g/mol. The number of hydrogen-bond donors (Lipinski definition) is 2. The number of nitrogens with one attached hydrogen (secondary N) is 2. The van der Waals surface area contributed by atoms with Gasteiger partial charge >= 0.3 is 5.97 Å². The Morgan fingerprint density at radius 3 is 2.66 bits per heavy atom. The Morgan fingerprint density at radius 2 is 1.91 bits per heavy atom. The first kappa shape index (κ1) is 22.6. The maximum atomic E-state index is 13.3. The summed E-state index contributed by atoms with van der Waals surface area (Å²) in [5, 5.41) is 15.2. The standard InChI is InChI=1S/C20H30N8O3S/c1-4-21-17-23-18(22-5-2)28-19(24-17)25-26-20(28)32-11-15(29)27-13-9-7-6-8-12(13)10-14(27)16(30)31-3/h12-14H,4-11H2,1-3H3,(H2,21,22,23,24,25). The number of amides is 1. The molecule has 0 aromatic carbocycles. The number of aromatic nitrogens is 5. The summed E-state index contributed by atoms with van der Waals surface area (Å²) in [7, 11) is 1.38. The molecule has 11 nitrogen and oxygen atoms in total. The highest BCUT2D eigenvalue weighted by molar-refractivity contribution is 7.99. The van der Waals surface area contributed by atoms with Crippen molar-refractivity contribution < 1.29 is 14.3 Å². The van der Waals surface area contributed by atoms with Gasteiger partial charge in [0.2, 0.25) is 17.8 Å². The van der Waals surface area contributed by atoms with Crippen LogP contribution in [0.25, 0.3) is 5.78 Å². The van der Waals surface area contributed by atoms with E-state index >= 15 is 0 Å². The van der Waals surface area contributed by atoms with Crippen LogP contribution in [0, 0.1) is 5.92 Å². The number of methoxy groups -OCH3 is 1. The molecule has 2 aliphatic rings. The van der Waals surface area contributed by atoms with Crippen molar-refractivity contribution in [2.24, 2.45) is 5.92 Å². The molecular formula is C20H30N8O3S. The second-order valence-corrected chi connectivity index (χ2v) is 8.97. The summed E-state index contributed by atoms with van der Waals surface area (Å²) in [4.78, 5) is 36.4. The van der Waals surface area contributed by atoms with Crippen molar-refractivity contribution in [1.82, 2.24) is 29.5 Å². The minimum absolute atomic E-state index is 0.0771. The summed E-state index contributed by atoms with van der Waals surface area (Å²) in [6, 6.07) is -0.390. The molecule has 32 heavy (non-hydrogen) atoms. The number of carbonyl (C=O) groups excluding carboxylic acids is 2. The van der Waals surface area contributed by atoms with Gasteiger partial charge in [0.1, 0.15) is 6.04 Å². The maximum absolute atomic E-state index is 13.3. The van der Waals surface area contributed by atoms with Gasteiger partial charge in [-0.05, 0) is 39.0 Å². The van der Waals surface area contributed by atoms with Gasteiger partial charge in [-0.15, -0.1) is 10.2 Å². The molecule has 1 aliphatic heterocycles. The summed E-state index contributed by atoms with van der Waals surface area (Å²) in [5.41, 5.74) is 0. The van der Waals surface area contributed by atoms with Crippen molar-refractivity contribution in [3.8, 4) is 0 Å². The molecule has 1 amide bonds. The zero-order chi connectivity index (χ0) is 22.7. The molecule has 0 spiro atoms. The topological polar surface area (TPSA) is 127 Å². The Bertz CT molecular complexity index is 983. The van der Waals surface area contributed by atoms with Gasteiger partial charge in [-0.2, -0.15) is 9.97 Å². The number of carbonyl (C=O) groups is 2. The van der Waals surface area contributed by atoms with Crippen LogP contribution in [0.1, 0.15) is 46.0 Å². The lowest BCUT2D eigenvalue weighted by Gasteiger charge is -2.33. The fraction of sp³-hybridized carbons (Fsp3) is 0.700. The summed E-state index contributed by atoms with van der Waals surface area (Å²) in [6.07, 6.45) is 4.92. The van der Waals surface area contributed by atoms with Gasteiger partial charge < -0.3 is 20.3 Å². The van der Waals surface area contributed by atoms with Crippen molar-refractivity contribution in [3.63, 3.8) is 0 Å². The number of thioether (sulfide) groups is 1. The molecule has 1 saturated heterocycles. The van der Waals surface area contributed by atoms with E-state index < -0.39 is 6.04 Å². The van der Waals surface area contributed by atoms with Crippen LogP contribution in [0.4, 0.5) is 11.9 Å². The largest absolute Gasteiger partial charge is 0.467 e. The predicted octanol–water partition coefficient (Wildman–Crippen LogP) is 1.81. The van der Waals surface area contributed by atoms with E-state index in [4.69, 9.17) is 4.74 Å². The lowest BCUT2D eigenvalue weighted by molar-refractivity contribution is -0.151. The molecule has 2 aromatic heterocycles. The number of nitrogens with zero attached hydrogens (tertiary/aromatic N) is 6. The third-order valence-electron chi connectivity index (χ3n) is 6.09. The molecule has 0 radical (unpaired) electrons. The van der Waals surface area contributed by atoms with E-state index in [-0.39, 0.29) is 23.7 Å². The number of hydrogen-bond acceptors (Lipinski definition) is 10. The average Bonchev–Trinajstić information content (AvgIpc) is 3.39. The first-order chi connectivity index (χ1) is 15.6. The van der Waals surface area contributed by atoms with E-state index in [1.807, 2.05) is 13.8 Å². The smallest absolute Gasteiger partial charge is 0.328 e. The predicted molar refractivity (Wildman–Crippen MR) is 121 cm³/mol. The molecule has 174 valence electrons. The quantitative estimate of drug-likeness (QED) is 0.443. The van der Waals surface area contributed by atoms with E-state index in [9.17, 15) is 9.59 Å². The number of esters is 1. The Labute approximate surface area is 191 Å². The normalized spacial score (nSPS) is 22.6. The molecule has 1 aliphatic carbocycles. The van der Waals surface area contributed by atoms with Gasteiger partial charge in [0, 0.05) is 19.1 Å². The van der Waals surface area contributed by atoms with Gasteiger partial charge in [-0.3, -0.25) is 4.79 Å². The van der Waals surface area contributed by atoms with Gasteiger partial charge in [-0.1, -0.05) is 24.6 Å². The number of rotatable bonds is 8. The zero-order valence-electron chi connectivity index (χ0n) is 18.7. The molecule has 3 heterocycles. The van der Waals surface area contributed by atoms with Crippen LogP contribution >= 0.6 is 11.8 Å². The third-order valence-corrected chi connectivity index (χ3v) is 7.00. The van der Waals surface area contributed by atoms with Crippen LogP contribution < -0.4 is 10.6 Å². The van der Waals surface area contributed by atoms with Crippen LogP contribution in [0.3, 0.4) is 0 Å².